The molecule has 1 atom stereocenters. The SMILES string of the molecule is CC(Cc1cccs1)NC(=O)NCCCCC(=O)O. The van der Waals surface area contributed by atoms with Crippen LogP contribution in [-0.4, -0.2) is 29.7 Å². The number of nitrogens with one attached hydrogen (secondary N) is 2. The van der Waals surface area contributed by atoms with Gasteiger partial charge in [-0.2, -0.15) is 0 Å². The summed E-state index contributed by atoms with van der Waals surface area (Å²) in [6, 6.07) is 3.93. The topological polar surface area (TPSA) is 78.4 Å². The van der Waals surface area contributed by atoms with E-state index in [1.807, 2.05) is 24.4 Å². The number of carboxylic acids is 1. The molecule has 6 heteroatoms. The Morgan fingerprint density at radius 1 is 1.42 bits per heavy atom. The van der Waals surface area contributed by atoms with Crippen LogP contribution in [0.3, 0.4) is 0 Å². The van der Waals surface area contributed by atoms with E-state index in [0.717, 1.165) is 6.42 Å². The molecule has 0 spiro atoms. The van der Waals surface area contributed by atoms with Crippen LogP contribution in [0.2, 0.25) is 0 Å². The van der Waals surface area contributed by atoms with Gasteiger partial charge in [0.1, 0.15) is 0 Å². The second kappa shape index (κ2) is 8.53. The fourth-order valence-electron chi connectivity index (χ4n) is 1.66. The molecule has 0 aliphatic carbocycles. The molecule has 0 aliphatic rings. The van der Waals surface area contributed by atoms with Gasteiger partial charge < -0.3 is 15.7 Å². The highest BCUT2D eigenvalue weighted by Crippen LogP contribution is 2.10. The molecule has 2 amide bonds. The number of unbranched alkanes of at least 4 members (excludes halogenated alkanes) is 1. The van der Waals surface area contributed by atoms with Crippen LogP contribution < -0.4 is 10.6 Å². The van der Waals surface area contributed by atoms with Crippen LogP contribution in [0, 0.1) is 0 Å². The van der Waals surface area contributed by atoms with E-state index in [-0.39, 0.29) is 18.5 Å². The van der Waals surface area contributed by atoms with Gasteiger partial charge in [-0.3, -0.25) is 4.79 Å². The number of carbonyl (C=O) groups excluding carboxylic acids is 1. The third kappa shape index (κ3) is 7.46. The Morgan fingerprint density at radius 2 is 2.21 bits per heavy atom. The minimum atomic E-state index is -0.797. The standard InChI is InChI=1S/C13H20N2O3S/c1-10(9-11-5-4-8-19-11)15-13(18)14-7-3-2-6-12(16)17/h4-5,8,10H,2-3,6-7,9H2,1H3,(H,16,17)(H2,14,15,18). The summed E-state index contributed by atoms with van der Waals surface area (Å²) in [5, 5.41) is 16.1. The highest BCUT2D eigenvalue weighted by Gasteiger charge is 2.08. The van der Waals surface area contributed by atoms with E-state index in [9.17, 15) is 9.59 Å². The van der Waals surface area contributed by atoms with Crippen LogP contribution in [0.4, 0.5) is 4.79 Å². The minimum absolute atomic E-state index is 0.0812. The Hall–Kier alpha value is -1.56. The Bertz CT molecular complexity index is 393. The lowest BCUT2D eigenvalue weighted by Crippen LogP contribution is -2.41. The van der Waals surface area contributed by atoms with Gasteiger partial charge in [0.25, 0.3) is 0 Å². The van der Waals surface area contributed by atoms with Crippen molar-refractivity contribution in [3.05, 3.63) is 22.4 Å². The van der Waals surface area contributed by atoms with Gasteiger partial charge >= 0.3 is 12.0 Å². The molecule has 0 bridgehead atoms. The van der Waals surface area contributed by atoms with Gasteiger partial charge in [-0.05, 0) is 31.2 Å². The minimum Gasteiger partial charge on any atom is -0.481 e. The van der Waals surface area contributed by atoms with Crippen molar-refractivity contribution in [1.82, 2.24) is 10.6 Å². The van der Waals surface area contributed by atoms with E-state index < -0.39 is 5.97 Å². The summed E-state index contributed by atoms with van der Waals surface area (Å²) in [5.74, 6) is -0.797. The zero-order valence-corrected chi connectivity index (χ0v) is 11.8. The number of aliphatic carboxylic acids is 1. The number of carboxylic acid groups (broad SMARTS) is 1. The number of carbonyl (C=O) groups is 2. The lowest BCUT2D eigenvalue weighted by atomic mass is 10.2. The van der Waals surface area contributed by atoms with Crippen molar-refractivity contribution in [3.8, 4) is 0 Å². The van der Waals surface area contributed by atoms with Crippen molar-refractivity contribution in [2.24, 2.45) is 0 Å². The Labute approximate surface area is 117 Å². The predicted molar refractivity (Wildman–Crippen MR) is 75.5 cm³/mol. The maximum Gasteiger partial charge on any atom is 0.315 e. The highest BCUT2D eigenvalue weighted by atomic mass is 32.1. The molecule has 1 aromatic heterocycles. The lowest BCUT2D eigenvalue weighted by molar-refractivity contribution is -0.137. The zero-order chi connectivity index (χ0) is 14.1. The molecule has 19 heavy (non-hydrogen) atoms. The number of urea groups is 1. The van der Waals surface area contributed by atoms with E-state index in [1.54, 1.807) is 11.3 Å². The molecule has 0 aliphatic heterocycles. The molecule has 1 rings (SSSR count). The molecular weight excluding hydrogens is 264 g/mol. The number of rotatable bonds is 8. The van der Waals surface area contributed by atoms with Crippen LogP contribution in [0.15, 0.2) is 17.5 Å². The molecule has 1 heterocycles. The summed E-state index contributed by atoms with van der Waals surface area (Å²) in [4.78, 5) is 23.1. The average molecular weight is 284 g/mol. The first kappa shape index (κ1) is 15.5. The Kier molecular flexibility index (Phi) is 6.95. The largest absolute Gasteiger partial charge is 0.481 e. The van der Waals surface area contributed by atoms with E-state index in [1.165, 1.54) is 4.88 Å². The summed E-state index contributed by atoms with van der Waals surface area (Å²) in [5.41, 5.74) is 0. The van der Waals surface area contributed by atoms with Crippen molar-refractivity contribution in [2.45, 2.75) is 38.6 Å². The van der Waals surface area contributed by atoms with Gasteiger partial charge in [0.15, 0.2) is 0 Å². The maximum atomic E-state index is 11.5. The number of amides is 2. The van der Waals surface area contributed by atoms with Crippen LogP contribution >= 0.6 is 11.3 Å². The maximum absolute atomic E-state index is 11.5. The van der Waals surface area contributed by atoms with Crippen molar-refractivity contribution in [3.63, 3.8) is 0 Å². The number of hydrogen-bond acceptors (Lipinski definition) is 3. The van der Waals surface area contributed by atoms with Gasteiger partial charge in [0.05, 0.1) is 0 Å². The molecule has 0 fully saturated rings. The van der Waals surface area contributed by atoms with Crippen LogP contribution in [0.25, 0.3) is 0 Å². The van der Waals surface area contributed by atoms with Crippen LogP contribution in [0.5, 0.6) is 0 Å². The normalized spacial score (nSPS) is 11.8. The van der Waals surface area contributed by atoms with Crippen LogP contribution in [-0.2, 0) is 11.2 Å². The first-order valence-electron chi connectivity index (χ1n) is 6.36. The average Bonchev–Trinajstić information content (AvgIpc) is 2.80. The quantitative estimate of drug-likeness (QED) is 0.641. The molecule has 0 saturated heterocycles. The number of hydrogen-bond donors (Lipinski definition) is 3. The third-order valence-corrected chi connectivity index (χ3v) is 3.47. The summed E-state index contributed by atoms with van der Waals surface area (Å²) in [6.07, 6.45) is 2.24. The van der Waals surface area contributed by atoms with Gasteiger partial charge in [-0.25, -0.2) is 4.79 Å². The fraction of sp³-hybridized carbons (Fsp3) is 0.538. The fourth-order valence-corrected chi connectivity index (χ4v) is 2.49. The second-order valence-corrected chi connectivity index (χ2v) is 5.47. The van der Waals surface area contributed by atoms with Crippen molar-refractivity contribution < 1.29 is 14.7 Å². The third-order valence-electron chi connectivity index (χ3n) is 2.57. The van der Waals surface area contributed by atoms with Gasteiger partial charge in [-0.15, -0.1) is 11.3 Å². The molecule has 1 aromatic rings. The van der Waals surface area contributed by atoms with Gasteiger partial charge in [0, 0.05) is 30.3 Å². The van der Waals surface area contributed by atoms with E-state index in [4.69, 9.17) is 5.11 Å². The first-order chi connectivity index (χ1) is 9.08. The highest BCUT2D eigenvalue weighted by molar-refractivity contribution is 7.09. The molecule has 0 radical (unpaired) electrons. The molecular formula is C13H20N2O3S. The molecule has 0 aromatic carbocycles. The summed E-state index contributed by atoms with van der Waals surface area (Å²) in [7, 11) is 0. The van der Waals surface area contributed by atoms with Crippen LogP contribution in [0.1, 0.15) is 31.1 Å². The van der Waals surface area contributed by atoms with Gasteiger partial charge in [0.2, 0.25) is 0 Å². The molecule has 1 unspecified atom stereocenters. The lowest BCUT2D eigenvalue weighted by Gasteiger charge is -2.13. The number of thiophene rings is 1. The summed E-state index contributed by atoms with van der Waals surface area (Å²) < 4.78 is 0. The predicted octanol–water partition coefficient (Wildman–Crippen LogP) is 2.23. The van der Waals surface area contributed by atoms with Gasteiger partial charge in [-0.1, -0.05) is 6.07 Å². The zero-order valence-electron chi connectivity index (χ0n) is 11.0. The van der Waals surface area contributed by atoms with E-state index >= 15 is 0 Å². The summed E-state index contributed by atoms with van der Waals surface area (Å²) >= 11 is 1.68. The van der Waals surface area contributed by atoms with E-state index in [2.05, 4.69) is 10.6 Å². The second-order valence-electron chi connectivity index (χ2n) is 4.44. The smallest absolute Gasteiger partial charge is 0.315 e. The Morgan fingerprint density at radius 3 is 2.84 bits per heavy atom. The van der Waals surface area contributed by atoms with Crippen molar-refractivity contribution in [2.75, 3.05) is 6.54 Å². The molecule has 0 saturated carbocycles. The molecule has 3 N–H and O–H groups in total. The summed E-state index contributed by atoms with van der Waals surface area (Å²) in [6.45, 7) is 2.47. The monoisotopic (exact) mass is 284 g/mol. The van der Waals surface area contributed by atoms with E-state index in [0.29, 0.717) is 19.4 Å². The Balaban J connectivity index is 2.08. The molecule has 5 nitrogen and oxygen atoms in total. The van der Waals surface area contributed by atoms with Crippen molar-refractivity contribution >= 4 is 23.3 Å². The van der Waals surface area contributed by atoms with Crippen molar-refractivity contribution in [1.29, 1.82) is 0 Å². The first-order valence-corrected chi connectivity index (χ1v) is 7.24. The molecule has 106 valence electrons.